The number of guanidine groups is 2. The van der Waals surface area contributed by atoms with Gasteiger partial charge in [0.15, 0.2) is 23.7 Å². The van der Waals surface area contributed by atoms with Crippen LogP contribution in [-0.4, -0.2) is 69.2 Å². The Morgan fingerprint density at radius 3 is 2.82 bits per heavy atom. The van der Waals surface area contributed by atoms with Gasteiger partial charge in [0.25, 0.3) is 0 Å². The van der Waals surface area contributed by atoms with Crippen molar-refractivity contribution in [2.24, 2.45) is 21.5 Å². The Morgan fingerprint density at radius 1 is 1.39 bits per heavy atom. The fourth-order valence-corrected chi connectivity index (χ4v) is 4.53. The number of nitrogens with one attached hydrogen (secondary N) is 1. The molecule has 0 aromatic heterocycles. The van der Waals surface area contributed by atoms with Crippen LogP contribution in [0.1, 0.15) is 17.3 Å². The molecule has 1 aromatic carbocycles. The predicted octanol–water partition coefficient (Wildman–Crippen LogP) is -0.785. The van der Waals surface area contributed by atoms with Crippen LogP contribution in [0.2, 0.25) is 10.0 Å². The molecule has 4 atom stereocenters. The van der Waals surface area contributed by atoms with Gasteiger partial charge in [-0.1, -0.05) is 29.3 Å². The second-order valence-corrected chi connectivity index (χ2v) is 7.67. The number of hydrogen-bond acceptors (Lipinski definition) is 10. The molecule has 3 aliphatic rings. The number of aliphatic imine (C=N–C) groups is 2. The molecule has 3 heterocycles. The van der Waals surface area contributed by atoms with E-state index in [2.05, 4.69) is 15.3 Å². The molecule has 0 amide bonds. The summed E-state index contributed by atoms with van der Waals surface area (Å²) in [4.78, 5) is 22.5. The van der Waals surface area contributed by atoms with Gasteiger partial charge in [-0.25, -0.2) is 9.79 Å². The van der Waals surface area contributed by atoms with Gasteiger partial charge in [-0.15, -0.1) is 0 Å². The quantitative estimate of drug-likeness (QED) is 0.302. The first kappa shape index (κ1) is 19.1. The maximum Gasteiger partial charge on any atom is 0.340 e. The van der Waals surface area contributed by atoms with Crippen LogP contribution in [-0.2, 0) is 4.74 Å². The second kappa shape index (κ2) is 6.11. The van der Waals surface area contributed by atoms with Crippen molar-refractivity contribution in [3.8, 4) is 0 Å². The third-order valence-corrected chi connectivity index (χ3v) is 6.18. The fraction of sp³-hybridized carbons (Fsp3) is 0.438. The molecule has 1 saturated heterocycles. The van der Waals surface area contributed by atoms with E-state index in [9.17, 15) is 15.0 Å². The van der Waals surface area contributed by atoms with E-state index in [1.807, 2.05) is 0 Å². The smallest absolute Gasteiger partial charge is 0.340 e. The zero-order chi connectivity index (χ0) is 20.4. The van der Waals surface area contributed by atoms with E-state index in [0.29, 0.717) is 0 Å². The van der Waals surface area contributed by atoms with Crippen molar-refractivity contribution < 1.29 is 19.7 Å². The van der Waals surface area contributed by atoms with Crippen LogP contribution >= 0.6 is 23.2 Å². The molecule has 1 fully saturated rings. The molecule has 0 radical (unpaired) electrons. The zero-order valence-corrected chi connectivity index (χ0v) is 16.1. The molecule has 7 N–H and O–H groups in total. The molecule has 0 aliphatic carbocycles. The lowest BCUT2D eigenvalue weighted by Crippen LogP contribution is -2.76. The van der Waals surface area contributed by atoms with E-state index in [1.54, 1.807) is 6.92 Å². The summed E-state index contributed by atoms with van der Waals surface area (Å²) in [7, 11) is 0. The van der Waals surface area contributed by atoms with Gasteiger partial charge in [-0.3, -0.25) is 4.99 Å². The number of hydrogen-bond donors (Lipinski definition) is 5. The predicted molar refractivity (Wildman–Crippen MR) is 102 cm³/mol. The highest BCUT2D eigenvalue weighted by Crippen LogP contribution is 2.47. The van der Waals surface area contributed by atoms with Gasteiger partial charge in [0.2, 0.25) is 5.79 Å². The minimum atomic E-state index is -2.59. The highest BCUT2D eigenvalue weighted by molar-refractivity contribution is 6.43. The average molecular weight is 429 g/mol. The monoisotopic (exact) mass is 428 g/mol. The van der Waals surface area contributed by atoms with Crippen molar-refractivity contribution in [3.63, 3.8) is 0 Å². The summed E-state index contributed by atoms with van der Waals surface area (Å²) < 4.78 is 5.47. The molecule has 12 heteroatoms. The van der Waals surface area contributed by atoms with Gasteiger partial charge in [0.05, 0.1) is 28.2 Å². The molecule has 0 bridgehead atoms. The topological polar surface area (TPSA) is 159 Å². The van der Waals surface area contributed by atoms with Crippen LogP contribution in [0.3, 0.4) is 0 Å². The lowest BCUT2D eigenvalue weighted by Gasteiger charge is -2.46. The highest BCUT2D eigenvalue weighted by atomic mass is 35.5. The maximum atomic E-state index is 12.7. The SMILES string of the molecule is CC1[C@H](OC(=O)c2cccc(Cl)c2Cl)C(O)(O)[C@@]23NC(N)=NC2CN=C(N)N13. The molecule has 1 spiro atoms. The summed E-state index contributed by atoms with van der Waals surface area (Å²) in [6, 6.07) is 2.97. The molecular formula is C16H18Cl2N6O4. The van der Waals surface area contributed by atoms with Crippen LogP contribution in [0.25, 0.3) is 0 Å². The summed E-state index contributed by atoms with van der Waals surface area (Å²) in [5, 5.41) is 25.2. The van der Waals surface area contributed by atoms with Gasteiger partial charge in [-0.2, -0.15) is 0 Å². The van der Waals surface area contributed by atoms with E-state index in [4.69, 9.17) is 39.4 Å². The van der Waals surface area contributed by atoms with Crippen molar-refractivity contribution in [2.45, 2.75) is 36.6 Å². The minimum absolute atomic E-state index is 0.00250. The lowest BCUT2D eigenvalue weighted by molar-refractivity contribution is -0.255. The Bertz CT molecular complexity index is 922. The third-order valence-electron chi connectivity index (χ3n) is 5.36. The van der Waals surface area contributed by atoms with E-state index in [1.165, 1.54) is 23.1 Å². The van der Waals surface area contributed by atoms with Crippen molar-refractivity contribution in [3.05, 3.63) is 33.8 Å². The first-order chi connectivity index (χ1) is 13.1. The van der Waals surface area contributed by atoms with E-state index < -0.39 is 35.6 Å². The molecular weight excluding hydrogens is 411 g/mol. The fourth-order valence-electron chi connectivity index (χ4n) is 4.16. The van der Waals surface area contributed by atoms with Crippen molar-refractivity contribution in [1.29, 1.82) is 0 Å². The Morgan fingerprint density at radius 2 is 2.11 bits per heavy atom. The molecule has 2 unspecified atom stereocenters. The van der Waals surface area contributed by atoms with Crippen LogP contribution < -0.4 is 16.8 Å². The molecule has 4 rings (SSSR count). The number of carbonyl (C=O) groups is 1. The lowest BCUT2D eigenvalue weighted by atomic mass is 9.90. The number of benzene rings is 1. The number of nitrogens with two attached hydrogens (primary N) is 2. The number of rotatable bonds is 2. The highest BCUT2D eigenvalue weighted by Gasteiger charge is 2.75. The van der Waals surface area contributed by atoms with E-state index in [0.717, 1.165) is 0 Å². The Balaban J connectivity index is 1.72. The number of aliphatic hydroxyl groups is 2. The summed E-state index contributed by atoms with van der Waals surface area (Å²) in [6.07, 6.45) is -1.42. The molecule has 3 aliphatic heterocycles. The van der Waals surface area contributed by atoms with Gasteiger partial charge in [-0.05, 0) is 19.1 Å². The number of carbonyl (C=O) groups excluding carboxylic acids is 1. The molecule has 150 valence electrons. The van der Waals surface area contributed by atoms with Crippen LogP contribution in [0.4, 0.5) is 0 Å². The first-order valence-corrected chi connectivity index (χ1v) is 9.17. The van der Waals surface area contributed by atoms with E-state index in [-0.39, 0.29) is 34.1 Å². The van der Waals surface area contributed by atoms with Gasteiger partial charge < -0.3 is 36.6 Å². The number of nitrogens with zero attached hydrogens (tertiary/aromatic N) is 3. The Hall–Kier alpha value is -2.27. The summed E-state index contributed by atoms with van der Waals surface area (Å²) in [5.41, 5.74) is 10.2. The molecule has 28 heavy (non-hydrogen) atoms. The van der Waals surface area contributed by atoms with Crippen LogP contribution in [0.5, 0.6) is 0 Å². The van der Waals surface area contributed by atoms with E-state index >= 15 is 0 Å². The Labute approximate surface area is 169 Å². The van der Waals surface area contributed by atoms with Gasteiger partial charge in [0, 0.05) is 0 Å². The first-order valence-electron chi connectivity index (χ1n) is 8.41. The Kier molecular flexibility index (Phi) is 4.16. The maximum absolute atomic E-state index is 12.7. The summed E-state index contributed by atoms with van der Waals surface area (Å²) in [6.45, 7) is 1.71. The normalized spacial score (nSPS) is 32.8. The molecule has 10 nitrogen and oxygen atoms in total. The largest absolute Gasteiger partial charge is 0.451 e. The minimum Gasteiger partial charge on any atom is -0.451 e. The average Bonchev–Trinajstić information content (AvgIpc) is 3.05. The second-order valence-electron chi connectivity index (χ2n) is 6.88. The summed E-state index contributed by atoms with van der Waals surface area (Å²) >= 11 is 12.0. The van der Waals surface area contributed by atoms with Gasteiger partial charge in [0.1, 0.15) is 6.04 Å². The van der Waals surface area contributed by atoms with Crippen molar-refractivity contribution in [1.82, 2.24) is 10.2 Å². The summed E-state index contributed by atoms with van der Waals surface area (Å²) in [5.74, 6) is -3.41. The number of ether oxygens (including phenoxy) is 1. The third kappa shape index (κ3) is 2.32. The van der Waals surface area contributed by atoms with Crippen molar-refractivity contribution in [2.75, 3.05) is 6.54 Å². The number of halogens is 2. The standard InChI is InChI=1S/C16H18Cl2N6O4/c1-6-11(28-12(25)7-3-2-4-8(17)10(7)18)16(26,27)15-9(22-13(19)23-15)5-21-14(20)24(6)15/h2-4,6,9,11,26-27H,5H2,1H3,(H2,20,21)(H3,19,22,23)/t6?,9?,11-,15+/m0/s1. The molecule has 1 aromatic rings. The van der Waals surface area contributed by atoms with Crippen LogP contribution in [0, 0.1) is 0 Å². The zero-order valence-electron chi connectivity index (χ0n) is 14.6. The van der Waals surface area contributed by atoms with Crippen LogP contribution in [0.15, 0.2) is 28.2 Å². The number of esters is 1. The molecule has 0 saturated carbocycles. The van der Waals surface area contributed by atoms with Gasteiger partial charge >= 0.3 is 5.97 Å². The van der Waals surface area contributed by atoms with Crippen molar-refractivity contribution >= 4 is 41.1 Å².